The zero-order chi connectivity index (χ0) is 36.0. The van der Waals surface area contributed by atoms with Gasteiger partial charge in [0.1, 0.15) is 0 Å². The SMILES string of the molecule is c1ccc(-n2c3ccccc3c3c4c5ccccc5n(-c5cccc(-c6ccc7c(c6)c6ccccc6n7-c6cccc7ccccc67)c5)c4ccc32)cc1. The van der Waals surface area contributed by atoms with E-state index in [1.165, 1.54) is 98.7 Å². The summed E-state index contributed by atoms with van der Waals surface area (Å²) >= 11 is 0. The fourth-order valence-corrected chi connectivity index (χ4v) is 9.29. The predicted molar refractivity (Wildman–Crippen MR) is 232 cm³/mol. The van der Waals surface area contributed by atoms with Crippen LogP contribution in [-0.4, -0.2) is 13.7 Å². The lowest BCUT2D eigenvalue weighted by molar-refractivity contribution is 1.17. The average molecular weight is 700 g/mol. The topological polar surface area (TPSA) is 14.8 Å². The Labute approximate surface area is 317 Å². The highest BCUT2D eigenvalue weighted by molar-refractivity contribution is 6.29. The van der Waals surface area contributed by atoms with Crippen molar-refractivity contribution in [3.63, 3.8) is 0 Å². The first kappa shape index (κ1) is 30.1. The lowest BCUT2D eigenvalue weighted by atomic mass is 10.0. The van der Waals surface area contributed by atoms with Crippen LogP contribution in [0.2, 0.25) is 0 Å². The van der Waals surface area contributed by atoms with Gasteiger partial charge in [-0.1, -0.05) is 127 Å². The van der Waals surface area contributed by atoms with Crippen LogP contribution >= 0.6 is 0 Å². The van der Waals surface area contributed by atoms with Gasteiger partial charge in [0.25, 0.3) is 0 Å². The Morgan fingerprint density at radius 1 is 0.255 bits per heavy atom. The van der Waals surface area contributed by atoms with Gasteiger partial charge in [0, 0.05) is 49.1 Å². The van der Waals surface area contributed by atoms with Crippen LogP contribution in [0.4, 0.5) is 0 Å². The van der Waals surface area contributed by atoms with Gasteiger partial charge in [0.05, 0.1) is 38.8 Å². The number of aromatic nitrogens is 3. The van der Waals surface area contributed by atoms with E-state index in [-0.39, 0.29) is 0 Å². The summed E-state index contributed by atoms with van der Waals surface area (Å²) in [6.45, 7) is 0. The quantitative estimate of drug-likeness (QED) is 0.174. The van der Waals surface area contributed by atoms with Crippen molar-refractivity contribution in [2.45, 2.75) is 0 Å². The van der Waals surface area contributed by atoms with E-state index >= 15 is 0 Å². The summed E-state index contributed by atoms with van der Waals surface area (Å²) in [6.07, 6.45) is 0. The van der Waals surface area contributed by atoms with E-state index in [2.05, 4.69) is 214 Å². The highest BCUT2D eigenvalue weighted by Crippen LogP contribution is 2.43. The van der Waals surface area contributed by atoms with Crippen LogP contribution in [0.25, 0.3) is 104 Å². The molecule has 0 atom stereocenters. The molecule has 0 aliphatic carbocycles. The third kappa shape index (κ3) is 4.32. The molecule has 3 heteroatoms. The largest absolute Gasteiger partial charge is 0.309 e. The Balaban J connectivity index is 1.07. The van der Waals surface area contributed by atoms with Crippen molar-refractivity contribution < 1.29 is 0 Å². The Hall–Kier alpha value is -7.36. The van der Waals surface area contributed by atoms with Gasteiger partial charge in [-0.2, -0.15) is 0 Å². The second-order valence-electron chi connectivity index (χ2n) is 14.5. The number of rotatable bonds is 4. The predicted octanol–water partition coefficient (Wildman–Crippen LogP) is 13.8. The average Bonchev–Trinajstić information content (AvgIpc) is 3.89. The van der Waals surface area contributed by atoms with Crippen molar-refractivity contribution in [1.82, 2.24) is 13.7 Å². The maximum absolute atomic E-state index is 2.45. The molecule has 0 saturated heterocycles. The molecule has 3 aromatic heterocycles. The molecule has 0 aliphatic rings. The smallest absolute Gasteiger partial charge is 0.0548 e. The first-order valence-electron chi connectivity index (χ1n) is 18.9. The molecule has 0 amide bonds. The zero-order valence-electron chi connectivity index (χ0n) is 29.9. The van der Waals surface area contributed by atoms with Gasteiger partial charge in [0.2, 0.25) is 0 Å². The summed E-state index contributed by atoms with van der Waals surface area (Å²) < 4.78 is 7.29. The van der Waals surface area contributed by atoms with Gasteiger partial charge in [-0.05, 0) is 89.3 Å². The van der Waals surface area contributed by atoms with E-state index in [9.17, 15) is 0 Å². The van der Waals surface area contributed by atoms with Crippen LogP contribution in [0.3, 0.4) is 0 Å². The van der Waals surface area contributed by atoms with Crippen molar-refractivity contribution in [3.8, 4) is 28.2 Å². The van der Waals surface area contributed by atoms with Crippen molar-refractivity contribution in [2.75, 3.05) is 0 Å². The maximum Gasteiger partial charge on any atom is 0.0548 e. The van der Waals surface area contributed by atoms with E-state index in [0.717, 1.165) is 5.69 Å². The van der Waals surface area contributed by atoms with Gasteiger partial charge >= 0.3 is 0 Å². The summed E-state index contributed by atoms with van der Waals surface area (Å²) in [7, 11) is 0. The summed E-state index contributed by atoms with van der Waals surface area (Å²) in [5, 5.41) is 10.1. The first-order valence-corrected chi connectivity index (χ1v) is 18.9. The minimum absolute atomic E-state index is 1.15. The molecule has 12 rings (SSSR count). The van der Waals surface area contributed by atoms with Crippen molar-refractivity contribution in [2.24, 2.45) is 0 Å². The minimum atomic E-state index is 1.15. The summed E-state index contributed by atoms with van der Waals surface area (Å²) in [4.78, 5) is 0. The molecule has 55 heavy (non-hydrogen) atoms. The fourth-order valence-electron chi connectivity index (χ4n) is 9.29. The second kappa shape index (κ2) is 11.6. The van der Waals surface area contributed by atoms with E-state index in [1.54, 1.807) is 0 Å². The van der Waals surface area contributed by atoms with Crippen LogP contribution in [0.5, 0.6) is 0 Å². The van der Waals surface area contributed by atoms with Crippen LogP contribution in [0, 0.1) is 0 Å². The van der Waals surface area contributed by atoms with E-state index in [0.29, 0.717) is 0 Å². The third-order valence-electron chi connectivity index (χ3n) is 11.6. The standard InChI is InChI=1S/C52H33N3/c1-2-17-37(18-3-1)53-46-25-10-7-22-41(46)51-49(53)30-31-50-52(51)42-23-8-11-26-47(42)54(50)38-19-12-16-35(32-38)36-28-29-48-43(33-36)40-21-6-9-24-45(40)55(48)44-27-13-15-34-14-4-5-20-39(34)44/h1-33H. The molecule has 0 N–H and O–H groups in total. The number of hydrogen-bond acceptors (Lipinski definition) is 0. The normalized spacial score (nSPS) is 12.0. The van der Waals surface area contributed by atoms with Crippen molar-refractivity contribution in [1.29, 1.82) is 0 Å². The van der Waals surface area contributed by atoms with Gasteiger partial charge < -0.3 is 13.7 Å². The molecule has 0 radical (unpaired) electrons. The molecular formula is C52H33N3. The number of hydrogen-bond donors (Lipinski definition) is 0. The first-order chi connectivity index (χ1) is 27.3. The Bertz CT molecular complexity index is 3480. The number of para-hydroxylation sites is 4. The number of benzene rings is 9. The van der Waals surface area contributed by atoms with Crippen molar-refractivity contribution in [3.05, 3.63) is 200 Å². The van der Waals surface area contributed by atoms with Gasteiger partial charge in [-0.25, -0.2) is 0 Å². The monoisotopic (exact) mass is 699 g/mol. The maximum atomic E-state index is 2.45. The molecule has 3 heterocycles. The number of nitrogens with zero attached hydrogens (tertiary/aromatic N) is 3. The molecule has 0 bridgehead atoms. The molecule has 0 spiro atoms. The molecule has 3 nitrogen and oxygen atoms in total. The van der Waals surface area contributed by atoms with Crippen LogP contribution < -0.4 is 0 Å². The summed E-state index contributed by atoms with van der Waals surface area (Å²) in [6, 6.07) is 73.1. The molecular weight excluding hydrogens is 667 g/mol. The van der Waals surface area contributed by atoms with E-state index in [4.69, 9.17) is 0 Å². The second-order valence-corrected chi connectivity index (χ2v) is 14.5. The Morgan fingerprint density at radius 2 is 0.745 bits per heavy atom. The summed E-state index contributed by atoms with van der Waals surface area (Å²) in [5.41, 5.74) is 13.2. The lowest BCUT2D eigenvalue weighted by Gasteiger charge is -2.12. The Morgan fingerprint density at radius 3 is 1.47 bits per heavy atom. The molecule has 0 unspecified atom stereocenters. The van der Waals surface area contributed by atoms with Gasteiger partial charge in [0.15, 0.2) is 0 Å². The van der Waals surface area contributed by atoms with Crippen LogP contribution in [0.15, 0.2) is 200 Å². The molecule has 12 aromatic rings. The van der Waals surface area contributed by atoms with E-state index in [1.807, 2.05) is 0 Å². The summed E-state index contributed by atoms with van der Waals surface area (Å²) in [5.74, 6) is 0. The highest BCUT2D eigenvalue weighted by atomic mass is 15.0. The fraction of sp³-hybridized carbons (Fsp3) is 0. The van der Waals surface area contributed by atoms with Gasteiger partial charge in [-0.15, -0.1) is 0 Å². The Kier molecular flexibility index (Phi) is 6.34. The van der Waals surface area contributed by atoms with Gasteiger partial charge in [-0.3, -0.25) is 0 Å². The lowest BCUT2D eigenvalue weighted by Crippen LogP contribution is -1.95. The molecule has 0 fully saturated rings. The van der Waals surface area contributed by atoms with E-state index < -0.39 is 0 Å². The molecule has 0 aliphatic heterocycles. The number of fused-ring (bicyclic) bond motifs is 11. The van der Waals surface area contributed by atoms with Crippen LogP contribution in [0.1, 0.15) is 0 Å². The third-order valence-corrected chi connectivity index (χ3v) is 11.6. The zero-order valence-corrected chi connectivity index (χ0v) is 29.9. The molecule has 9 aromatic carbocycles. The minimum Gasteiger partial charge on any atom is -0.309 e. The van der Waals surface area contributed by atoms with Crippen LogP contribution in [-0.2, 0) is 0 Å². The highest BCUT2D eigenvalue weighted by Gasteiger charge is 2.21. The molecule has 0 saturated carbocycles. The van der Waals surface area contributed by atoms with Crippen molar-refractivity contribution >= 4 is 76.2 Å². The molecule has 256 valence electrons.